The third-order valence-electron chi connectivity index (χ3n) is 5.69. The third-order valence-corrected chi connectivity index (χ3v) is 7.89. The molecule has 0 aliphatic heterocycles. The molecule has 0 bridgehead atoms. The molecule has 0 fully saturated rings. The quantitative estimate of drug-likeness (QED) is 0.277. The predicted molar refractivity (Wildman–Crippen MR) is 144 cm³/mol. The van der Waals surface area contributed by atoms with Gasteiger partial charge in [-0.3, -0.25) is 0 Å². The minimum atomic E-state index is -1.11. The molecular weight excluding hydrogens is 518 g/mol. The molecule has 1 radical (unpaired) electrons. The number of rotatable bonds is 6. The van der Waals surface area contributed by atoms with Gasteiger partial charge in [0.2, 0.25) is 0 Å². The van der Waals surface area contributed by atoms with Gasteiger partial charge in [0.05, 0.1) is 0 Å². The molecule has 0 saturated carbocycles. The van der Waals surface area contributed by atoms with Gasteiger partial charge in [0.1, 0.15) is 0 Å². The standard InChI is InChI=1S/C28H27AsFN4O2/c1-28(2,3)18-13-11-17(12-14-18)25(35)29-22-10-6-9-21(24(22)30)23-16-34(4)27(36)26(33-23)32-20-8-5-7-19(31)15-20/h5-16H,31H2,1-4H3,(H,32,33). The number of nitrogens with two attached hydrogens (primary N) is 1. The summed E-state index contributed by atoms with van der Waals surface area (Å²) in [5, 5.41) is 2.97. The van der Waals surface area contributed by atoms with Crippen molar-refractivity contribution in [2.24, 2.45) is 7.05 Å². The molecule has 183 valence electrons. The number of hydrogen-bond acceptors (Lipinski definition) is 5. The Labute approximate surface area is 216 Å². The van der Waals surface area contributed by atoms with E-state index in [1.807, 2.05) is 24.3 Å². The van der Waals surface area contributed by atoms with Gasteiger partial charge in [0, 0.05) is 0 Å². The van der Waals surface area contributed by atoms with Gasteiger partial charge < -0.3 is 0 Å². The molecule has 0 spiro atoms. The molecule has 36 heavy (non-hydrogen) atoms. The number of anilines is 3. The second-order valence-corrected chi connectivity index (χ2v) is 11.9. The van der Waals surface area contributed by atoms with Crippen molar-refractivity contribution < 1.29 is 9.18 Å². The van der Waals surface area contributed by atoms with Crippen LogP contribution in [-0.4, -0.2) is 29.9 Å². The van der Waals surface area contributed by atoms with E-state index in [4.69, 9.17) is 5.73 Å². The average Bonchev–Trinajstić information content (AvgIpc) is 2.83. The van der Waals surface area contributed by atoms with Crippen molar-refractivity contribution in [3.8, 4) is 11.3 Å². The van der Waals surface area contributed by atoms with Gasteiger partial charge in [-0.05, 0) is 0 Å². The molecule has 0 atom stereocenters. The number of halogens is 1. The number of carbonyl (C=O) groups is 1. The fourth-order valence-corrected chi connectivity index (χ4v) is 5.50. The van der Waals surface area contributed by atoms with E-state index in [0.29, 0.717) is 21.3 Å². The Bertz CT molecular complexity index is 1490. The summed E-state index contributed by atoms with van der Waals surface area (Å²) < 4.78 is 17.2. The molecule has 0 aliphatic carbocycles. The number of nitrogen functional groups attached to an aromatic ring is 1. The van der Waals surface area contributed by atoms with Gasteiger partial charge >= 0.3 is 216 Å². The molecular formula is C28H27AsFN4O2. The summed E-state index contributed by atoms with van der Waals surface area (Å²) in [4.78, 5) is 30.0. The predicted octanol–water partition coefficient (Wildman–Crippen LogP) is 4.38. The van der Waals surface area contributed by atoms with Crippen LogP contribution in [0.5, 0.6) is 0 Å². The van der Waals surface area contributed by atoms with Crippen molar-refractivity contribution >= 4 is 41.9 Å². The number of benzene rings is 3. The molecule has 3 aromatic carbocycles. The van der Waals surface area contributed by atoms with Crippen LogP contribution < -0.4 is 21.0 Å². The summed E-state index contributed by atoms with van der Waals surface area (Å²) in [7, 11) is 1.58. The molecule has 4 rings (SSSR count). The number of aromatic nitrogens is 2. The zero-order valence-corrected chi connectivity index (χ0v) is 22.4. The van der Waals surface area contributed by atoms with E-state index in [2.05, 4.69) is 31.1 Å². The Morgan fingerprint density at radius 2 is 1.75 bits per heavy atom. The molecule has 1 heterocycles. The van der Waals surface area contributed by atoms with E-state index in [9.17, 15) is 9.59 Å². The second-order valence-electron chi connectivity index (χ2n) is 9.52. The summed E-state index contributed by atoms with van der Waals surface area (Å²) in [5.74, 6) is -0.452. The molecule has 1 aromatic heterocycles. The minimum absolute atomic E-state index is 0.0145. The Balaban J connectivity index is 1.63. The van der Waals surface area contributed by atoms with Gasteiger partial charge in [-0.2, -0.15) is 0 Å². The van der Waals surface area contributed by atoms with Crippen LogP contribution in [0.15, 0.2) is 77.7 Å². The number of nitrogens with zero attached hydrogens (tertiary/aromatic N) is 2. The summed E-state index contributed by atoms with van der Waals surface area (Å²) in [6, 6.07) is 19.4. The fraction of sp³-hybridized carbons (Fsp3) is 0.179. The first-order valence-electron chi connectivity index (χ1n) is 11.4. The van der Waals surface area contributed by atoms with Gasteiger partial charge in [0.25, 0.3) is 0 Å². The zero-order valence-electron chi connectivity index (χ0n) is 20.5. The molecule has 0 amide bonds. The Morgan fingerprint density at radius 1 is 1.06 bits per heavy atom. The van der Waals surface area contributed by atoms with Crippen LogP contribution in [0.3, 0.4) is 0 Å². The van der Waals surface area contributed by atoms with Crippen molar-refractivity contribution in [1.29, 1.82) is 0 Å². The molecule has 0 saturated heterocycles. The average molecular weight is 545 g/mol. The first-order chi connectivity index (χ1) is 17.0. The topological polar surface area (TPSA) is 90.0 Å². The van der Waals surface area contributed by atoms with Gasteiger partial charge in [0.15, 0.2) is 0 Å². The van der Waals surface area contributed by atoms with Gasteiger partial charge in [-0.15, -0.1) is 0 Å². The van der Waals surface area contributed by atoms with Crippen LogP contribution >= 0.6 is 0 Å². The summed E-state index contributed by atoms with van der Waals surface area (Å²) in [6.07, 6.45) is 1.48. The molecule has 0 unspecified atom stereocenters. The van der Waals surface area contributed by atoms with Crippen LogP contribution in [0.4, 0.5) is 21.6 Å². The van der Waals surface area contributed by atoms with Crippen molar-refractivity contribution in [3.63, 3.8) is 0 Å². The van der Waals surface area contributed by atoms with Crippen molar-refractivity contribution in [3.05, 3.63) is 100 Å². The van der Waals surface area contributed by atoms with Gasteiger partial charge in [-0.25, -0.2) is 0 Å². The van der Waals surface area contributed by atoms with Crippen molar-refractivity contribution in [2.45, 2.75) is 26.2 Å². The molecule has 8 heteroatoms. The van der Waals surface area contributed by atoms with E-state index in [1.54, 1.807) is 49.5 Å². The molecule has 0 aliphatic rings. The van der Waals surface area contributed by atoms with E-state index in [0.717, 1.165) is 5.56 Å². The van der Waals surface area contributed by atoms with Crippen molar-refractivity contribution in [2.75, 3.05) is 11.1 Å². The summed E-state index contributed by atoms with van der Waals surface area (Å²) >= 11 is -1.11. The summed E-state index contributed by atoms with van der Waals surface area (Å²) in [5.41, 5.74) is 8.79. The van der Waals surface area contributed by atoms with Crippen LogP contribution in [0.2, 0.25) is 0 Å². The van der Waals surface area contributed by atoms with E-state index in [1.165, 1.54) is 10.8 Å². The Morgan fingerprint density at radius 3 is 2.42 bits per heavy atom. The monoisotopic (exact) mass is 545 g/mol. The zero-order chi connectivity index (χ0) is 26.0. The maximum absolute atomic E-state index is 15.6. The van der Waals surface area contributed by atoms with E-state index in [-0.39, 0.29) is 32.6 Å². The normalized spacial score (nSPS) is 11.7. The number of hydrogen-bond donors (Lipinski definition) is 2. The maximum atomic E-state index is 15.6. The van der Waals surface area contributed by atoms with E-state index >= 15 is 4.39 Å². The Kier molecular flexibility index (Phi) is 7.13. The van der Waals surface area contributed by atoms with Crippen LogP contribution in [-0.2, 0) is 12.5 Å². The van der Waals surface area contributed by atoms with Crippen molar-refractivity contribution in [1.82, 2.24) is 9.55 Å². The summed E-state index contributed by atoms with van der Waals surface area (Å²) in [6.45, 7) is 6.33. The number of aryl methyl sites for hydroxylation is 1. The number of carbonyl (C=O) groups excluding carboxylic acids is 1. The molecule has 4 aromatic rings. The number of nitrogens with one attached hydrogen (secondary N) is 1. The molecule has 6 nitrogen and oxygen atoms in total. The van der Waals surface area contributed by atoms with Crippen LogP contribution in [0.25, 0.3) is 11.3 Å². The SMILES string of the molecule is Cn1cc(-c2cccc([As]C(=O)c3ccc(C(C)(C)C)cc3)c2F)nc(Nc2cccc(N)c2)c1=O. The second kappa shape index (κ2) is 10.1. The van der Waals surface area contributed by atoms with E-state index < -0.39 is 21.6 Å². The fourth-order valence-electron chi connectivity index (χ4n) is 3.66. The molecule has 3 N–H and O–H groups in total. The van der Waals surface area contributed by atoms with Crippen LogP contribution in [0, 0.1) is 5.82 Å². The first-order valence-corrected chi connectivity index (χ1v) is 13.3. The van der Waals surface area contributed by atoms with Gasteiger partial charge in [-0.1, -0.05) is 0 Å². The first kappa shape index (κ1) is 25.4. The third kappa shape index (κ3) is 5.58. The van der Waals surface area contributed by atoms with Crippen LogP contribution in [0.1, 0.15) is 36.7 Å². The Hall–Kier alpha value is -3.70.